The zero-order chi connectivity index (χ0) is 27.7. The number of hydrogen-bond donors (Lipinski definition) is 1. The third-order valence-corrected chi connectivity index (χ3v) is 19.0. The van der Waals surface area contributed by atoms with Gasteiger partial charge >= 0.3 is 0 Å². The van der Waals surface area contributed by atoms with Gasteiger partial charge in [-0.2, -0.15) is 0 Å². The van der Waals surface area contributed by atoms with Crippen molar-refractivity contribution in [3.8, 4) is 0 Å². The van der Waals surface area contributed by atoms with Crippen LogP contribution in [0.15, 0.2) is 24.3 Å². The van der Waals surface area contributed by atoms with E-state index in [1.165, 1.54) is 19.3 Å². The number of aliphatic hydroxyl groups is 1. The number of hydrogen-bond acceptors (Lipinski definition) is 3. The van der Waals surface area contributed by atoms with Crippen LogP contribution in [-0.2, 0) is 8.85 Å². The molecule has 2 aliphatic rings. The second-order valence-electron chi connectivity index (χ2n) is 15.1. The minimum absolute atomic E-state index is 0.139. The standard InChI is InChI=1S/C31H60O3Si2/c1-14-15-16-22(2)19-24(33-35(10,11)30(4,5)6)17-18-25-26-20-23(3)29(32)27(26)21-28(25)34-36(12,13)31(7,8)9/h17-18,22,24-29,32H,3,14-16,19-21H2,1-2,4-13H3/b18-17+/t22-,24-,25+,26-,27+,28-,29?/m1/s1. The van der Waals surface area contributed by atoms with Crippen molar-refractivity contribution in [2.75, 3.05) is 0 Å². The number of fused-ring (bicyclic) bond motifs is 1. The summed E-state index contributed by atoms with van der Waals surface area (Å²) in [7, 11) is -3.82. The lowest BCUT2D eigenvalue weighted by molar-refractivity contribution is 0.128. The molecular formula is C31H60O3Si2. The van der Waals surface area contributed by atoms with Crippen LogP contribution in [0, 0.1) is 23.7 Å². The molecule has 2 saturated carbocycles. The van der Waals surface area contributed by atoms with Gasteiger partial charge in [-0.25, -0.2) is 0 Å². The summed E-state index contributed by atoms with van der Waals surface area (Å²) in [6.07, 6.45) is 11.5. The van der Waals surface area contributed by atoms with Crippen molar-refractivity contribution < 1.29 is 14.0 Å². The van der Waals surface area contributed by atoms with Crippen molar-refractivity contribution in [2.24, 2.45) is 23.7 Å². The van der Waals surface area contributed by atoms with Crippen molar-refractivity contribution in [1.82, 2.24) is 0 Å². The molecule has 0 saturated heterocycles. The summed E-state index contributed by atoms with van der Waals surface area (Å²) in [6.45, 7) is 32.3. The van der Waals surface area contributed by atoms with Crippen LogP contribution < -0.4 is 0 Å². The monoisotopic (exact) mass is 536 g/mol. The lowest BCUT2D eigenvalue weighted by Gasteiger charge is -2.40. The Morgan fingerprint density at radius 2 is 1.61 bits per heavy atom. The zero-order valence-electron chi connectivity index (χ0n) is 25.9. The number of unbranched alkanes of at least 4 members (excludes halogenated alkanes) is 1. The highest BCUT2D eigenvalue weighted by atomic mass is 28.4. The van der Waals surface area contributed by atoms with Gasteiger partial charge in [0.1, 0.15) is 0 Å². The van der Waals surface area contributed by atoms with Gasteiger partial charge in [0.05, 0.1) is 18.3 Å². The highest BCUT2D eigenvalue weighted by Gasteiger charge is 2.52. The molecule has 1 unspecified atom stereocenters. The smallest absolute Gasteiger partial charge is 0.192 e. The second-order valence-corrected chi connectivity index (χ2v) is 24.7. The Labute approximate surface area is 226 Å². The van der Waals surface area contributed by atoms with Gasteiger partial charge in [0, 0.05) is 5.92 Å². The van der Waals surface area contributed by atoms with Gasteiger partial charge in [-0.3, -0.25) is 0 Å². The Kier molecular flexibility index (Phi) is 10.6. The third kappa shape index (κ3) is 7.68. The summed E-state index contributed by atoms with van der Waals surface area (Å²) in [4.78, 5) is 0. The summed E-state index contributed by atoms with van der Waals surface area (Å²) in [5, 5.41) is 11.3. The Balaban J connectivity index is 2.34. The van der Waals surface area contributed by atoms with E-state index in [0.29, 0.717) is 17.8 Å². The molecule has 210 valence electrons. The van der Waals surface area contributed by atoms with Crippen molar-refractivity contribution in [1.29, 1.82) is 0 Å². The predicted molar refractivity (Wildman–Crippen MR) is 161 cm³/mol. The molecule has 0 aromatic carbocycles. The first-order valence-electron chi connectivity index (χ1n) is 14.7. The third-order valence-electron chi connectivity index (χ3n) is 10.0. The maximum atomic E-state index is 10.9. The second kappa shape index (κ2) is 11.9. The fraction of sp³-hybridized carbons (Fsp3) is 0.871. The summed E-state index contributed by atoms with van der Waals surface area (Å²) < 4.78 is 14.0. The molecule has 2 aliphatic carbocycles. The molecular weight excluding hydrogens is 477 g/mol. The van der Waals surface area contributed by atoms with E-state index in [4.69, 9.17) is 8.85 Å². The van der Waals surface area contributed by atoms with E-state index in [-0.39, 0.29) is 34.3 Å². The lowest BCUT2D eigenvalue weighted by Crippen LogP contribution is -2.45. The first kappa shape index (κ1) is 32.0. The first-order chi connectivity index (χ1) is 16.3. The zero-order valence-corrected chi connectivity index (χ0v) is 27.9. The van der Waals surface area contributed by atoms with Crippen LogP contribution in [-0.4, -0.2) is 40.1 Å². The fourth-order valence-electron chi connectivity index (χ4n) is 5.53. The minimum Gasteiger partial charge on any atom is -0.413 e. The lowest BCUT2D eigenvalue weighted by atomic mass is 9.89. The SMILES string of the molecule is C=C1C[C@@H]2[C@H](/C=C/[C@H](C[C@H](C)CCCC)O[Si](C)(C)C(C)(C)C)[C@H](O[Si](C)(C)C(C)(C)C)C[C@@H]2C1O. The molecule has 0 amide bonds. The summed E-state index contributed by atoms with van der Waals surface area (Å²) in [6, 6.07) is 0. The van der Waals surface area contributed by atoms with Crippen molar-refractivity contribution in [2.45, 2.75) is 148 Å². The topological polar surface area (TPSA) is 38.7 Å². The van der Waals surface area contributed by atoms with Crippen LogP contribution in [0.4, 0.5) is 0 Å². The molecule has 36 heavy (non-hydrogen) atoms. The predicted octanol–water partition coefficient (Wildman–Crippen LogP) is 9.11. The average molecular weight is 537 g/mol. The van der Waals surface area contributed by atoms with E-state index < -0.39 is 16.6 Å². The molecule has 2 rings (SSSR count). The van der Waals surface area contributed by atoms with Crippen LogP contribution in [0.1, 0.15) is 93.9 Å². The van der Waals surface area contributed by atoms with Crippen molar-refractivity contribution >= 4 is 16.6 Å². The molecule has 0 radical (unpaired) electrons. The number of rotatable bonds is 11. The van der Waals surface area contributed by atoms with E-state index in [2.05, 4.69) is 100 Å². The maximum Gasteiger partial charge on any atom is 0.192 e. The maximum absolute atomic E-state index is 10.9. The molecule has 7 atom stereocenters. The van der Waals surface area contributed by atoms with E-state index in [0.717, 1.165) is 24.8 Å². The van der Waals surface area contributed by atoms with Gasteiger partial charge in [-0.1, -0.05) is 93.4 Å². The average Bonchev–Trinajstić information content (AvgIpc) is 3.17. The molecule has 0 aromatic heterocycles. The Bertz CT molecular complexity index is 759. The van der Waals surface area contributed by atoms with Crippen LogP contribution in [0.25, 0.3) is 0 Å². The van der Waals surface area contributed by atoms with E-state index in [9.17, 15) is 5.11 Å². The molecule has 0 spiro atoms. The summed E-state index contributed by atoms with van der Waals surface area (Å²) >= 11 is 0. The molecule has 0 aromatic rings. The summed E-state index contributed by atoms with van der Waals surface area (Å²) in [5.41, 5.74) is 1.01. The van der Waals surface area contributed by atoms with Crippen LogP contribution in [0.3, 0.4) is 0 Å². The van der Waals surface area contributed by atoms with Gasteiger partial charge in [0.2, 0.25) is 0 Å². The first-order valence-corrected chi connectivity index (χ1v) is 20.5. The van der Waals surface area contributed by atoms with Gasteiger partial charge in [0.25, 0.3) is 0 Å². The van der Waals surface area contributed by atoms with Crippen LogP contribution in [0.2, 0.25) is 36.3 Å². The Hall–Kier alpha value is -0.206. The molecule has 3 nitrogen and oxygen atoms in total. The van der Waals surface area contributed by atoms with Gasteiger partial charge in [0.15, 0.2) is 16.6 Å². The van der Waals surface area contributed by atoms with Crippen molar-refractivity contribution in [3.05, 3.63) is 24.3 Å². The molecule has 2 fully saturated rings. The van der Waals surface area contributed by atoms with E-state index in [1.54, 1.807) is 0 Å². The van der Waals surface area contributed by atoms with E-state index in [1.807, 2.05) is 0 Å². The highest BCUT2D eigenvalue weighted by molar-refractivity contribution is 6.74. The molecule has 0 aliphatic heterocycles. The van der Waals surface area contributed by atoms with E-state index >= 15 is 0 Å². The normalized spacial score (nSPS) is 29.7. The van der Waals surface area contributed by atoms with Crippen LogP contribution >= 0.6 is 0 Å². The van der Waals surface area contributed by atoms with Gasteiger partial charge in [-0.15, -0.1) is 0 Å². The molecule has 1 N–H and O–H groups in total. The molecule has 0 heterocycles. The van der Waals surface area contributed by atoms with Crippen LogP contribution in [0.5, 0.6) is 0 Å². The molecule has 0 bridgehead atoms. The van der Waals surface area contributed by atoms with Gasteiger partial charge in [-0.05, 0) is 78.9 Å². The van der Waals surface area contributed by atoms with Gasteiger partial charge < -0.3 is 14.0 Å². The Morgan fingerprint density at radius 1 is 1.03 bits per heavy atom. The molecule has 5 heteroatoms. The highest BCUT2D eigenvalue weighted by Crippen LogP contribution is 2.53. The largest absolute Gasteiger partial charge is 0.413 e. The minimum atomic E-state index is -1.92. The number of aliphatic hydroxyl groups excluding tert-OH is 1. The quantitative estimate of drug-likeness (QED) is 0.211. The Morgan fingerprint density at radius 3 is 2.14 bits per heavy atom. The fourth-order valence-corrected chi connectivity index (χ4v) is 8.18. The summed E-state index contributed by atoms with van der Waals surface area (Å²) in [5.74, 6) is 1.65. The van der Waals surface area contributed by atoms with Crippen molar-refractivity contribution in [3.63, 3.8) is 0 Å².